The second kappa shape index (κ2) is 6.60. The van der Waals surface area contributed by atoms with Crippen LogP contribution < -0.4 is 10.6 Å². The molecule has 1 unspecified atom stereocenters. The number of hydrogen-bond donors (Lipinski definition) is 2. The van der Waals surface area contributed by atoms with Gasteiger partial charge in [0.1, 0.15) is 0 Å². The minimum Gasteiger partial charge on any atom is -0.356 e. The van der Waals surface area contributed by atoms with Gasteiger partial charge < -0.3 is 10.6 Å². The Kier molecular flexibility index (Phi) is 5.74. The third-order valence-corrected chi connectivity index (χ3v) is 4.16. The van der Waals surface area contributed by atoms with E-state index in [-0.39, 0.29) is 18.3 Å². The Morgan fingerprint density at radius 2 is 2.18 bits per heavy atom. The van der Waals surface area contributed by atoms with Crippen molar-refractivity contribution < 1.29 is 4.79 Å². The summed E-state index contributed by atoms with van der Waals surface area (Å²) in [7, 11) is 0. The summed E-state index contributed by atoms with van der Waals surface area (Å²) in [5.41, 5.74) is 0.404. The van der Waals surface area contributed by atoms with Crippen LogP contribution in [-0.4, -0.2) is 25.0 Å². The van der Waals surface area contributed by atoms with Gasteiger partial charge in [-0.15, -0.1) is 12.4 Å². The van der Waals surface area contributed by atoms with Gasteiger partial charge in [-0.1, -0.05) is 13.3 Å². The topological polar surface area (TPSA) is 41.1 Å². The summed E-state index contributed by atoms with van der Waals surface area (Å²) in [5, 5.41) is 6.51. The molecular formula is C13H25ClN2O. The van der Waals surface area contributed by atoms with E-state index in [2.05, 4.69) is 17.6 Å². The molecule has 100 valence electrons. The standard InChI is InChI=1S/C13H24N2O.ClH/c1-13(7-3-8-13)10-15-12(16)6-5-11-4-2-9-14-11;/h11,14H,2-10H2,1H3,(H,15,16);1H. The van der Waals surface area contributed by atoms with E-state index in [1.807, 2.05) is 0 Å². The van der Waals surface area contributed by atoms with Crippen molar-refractivity contribution in [3.05, 3.63) is 0 Å². The Balaban J connectivity index is 0.00000144. The maximum atomic E-state index is 11.6. The molecule has 0 aromatic rings. The maximum absolute atomic E-state index is 11.6. The Hall–Kier alpha value is -0.280. The van der Waals surface area contributed by atoms with Gasteiger partial charge in [-0.25, -0.2) is 0 Å². The van der Waals surface area contributed by atoms with Crippen molar-refractivity contribution in [3.63, 3.8) is 0 Å². The molecule has 0 spiro atoms. The van der Waals surface area contributed by atoms with E-state index >= 15 is 0 Å². The molecule has 1 aliphatic heterocycles. The molecule has 0 aromatic heterocycles. The van der Waals surface area contributed by atoms with Gasteiger partial charge >= 0.3 is 0 Å². The van der Waals surface area contributed by atoms with Crippen molar-refractivity contribution >= 4 is 18.3 Å². The second-order valence-electron chi connectivity index (χ2n) is 5.77. The SMILES string of the molecule is CC1(CNC(=O)CCC2CCCN2)CCC1.Cl. The lowest BCUT2D eigenvalue weighted by atomic mass is 9.70. The molecule has 0 bridgehead atoms. The number of carbonyl (C=O) groups excluding carboxylic acids is 1. The third-order valence-electron chi connectivity index (χ3n) is 4.16. The quantitative estimate of drug-likeness (QED) is 0.796. The fourth-order valence-corrected chi connectivity index (χ4v) is 2.67. The van der Waals surface area contributed by atoms with Crippen molar-refractivity contribution in [1.82, 2.24) is 10.6 Å². The highest BCUT2D eigenvalue weighted by molar-refractivity contribution is 5.85. The summed E-state index contributed by atoms with van der Waals surface area (Å²) in [5.74, 6) is 0.238. The number of nitrogens with one attached hydrogen (secondary N) is 2. The third kappa shape index (κ3) is 4.47. The van der Waals surface area contributed by atoms with Gasteiger partial charge in [-0.3, -0.25) is 4.79 Å². The first kappa shape index (κ1) is 14.8. The van der Waals surface area contributed by atoms with Crippen molar-refractivity contribution in [2.75, 3.05) is 13.1 Å². The van der Waals surface area contributed by atoms with E-state index in [1.54, 1.807) is 0 Å². The fourth-order valence-electron chi connectivity index (χ4n) is 2.67. The molecule has 2 N–H and O–H groups in total. The van der Waals surface area contributed by atoms with Gasteiger partial charge in [0.25, 0.3) is 0 Å². The Morgan fingerprint density at radius 1 is 1.41 bits per heavy atom. The first-order valence-corrected chi connectivity index (χ1v) is 6.68. The van der Waals surface area contributed by atoms with Crippen LogP contribution in [0.3, 0.4) is 0 Å². The lowest BCUT2D eigenvalue weighted by Crippen LogP contribution is -2.40. The zero-order valence-corrected chi connectivity index (χ0v) is 11.6. The number of hydrogen-bond acceptors (Lipinski definition) is 2. The lowest BCUT2D eigenvalue weighted by Gasteiger charge is -2.38. The lowest BCUT2D eigenvalue weighted by molar-refractivity contribution is -0.122. The monoisotopic (exact) mass is 260 g/mol. The van der Waals surface area contributed by atoms with Crippen LogP contribution in [0, 0.1) is 5.41 Å². The van der Waals surface area contributed by atoms with Gasteiger partial charge in [0.15, 0.2) is 0 Å². The highest BCUT2D eigenvalue weighted by Crippen LogP contribution is 2.39. The molecule has 1 saturated heterocycles. The van der Waals surface area contributed by atoms with E-state index in [0.717, 1.165) is 19.5 Å². The van der Waals surface area contributed by atoms with Gasteiger partial charge in [0.05, 0.1) is 0 Å². The van der Waals surface area contributed by atoms with Gasteiger partial charge in [0, 0.05) is 19.0 Å². The molecule has 2 rings (SSSR count). The van der Waals surface area contributed by atoms with Crippen LogP contribution in [0.2, 0.25) is 0 Å². The fraction of sp³-hybridized carbons (Fsp3) is 0.923. The van der Waals surface area contributed by atoms with Crippen molar-refractivity contribution in [2.45, 2.75) is 57.9 Å². The van der Waals surface area contributed by atoms with Crippen LogP contribution in [-0.2, 0) is 4.79 Å². The molecule has 1 aliphatic carbocycles. The average Bonchev–Trinajstić information content (AvgIpc) is 2.73. The molecule has 1 amide bonds. The van der Waals surface area contributed by atoms with E-state index in [4.69, 9.17) is 0 Å². The first-order chi connectivity index (χ1) is 7.68. The largest absolute Gasteiger partial charge is 0.356 e. The Bertz CT molecular complexity index is 248. The number of rotatable bonds is 5. The van der Waals surface area contributed by atoms with E-state index < -0.39 is 0 Å². The summed E-state index contributed by atoms with van der Waals surface area (Å²) < 4.78 is 0. The Labute approximate surface area is 111 Å². The first-order valence-electron chi connectivity index (χ1n) is 6.68. The van der Waals surface area contributed by atoms with Crippen LogP contribution in [0.5, 0.6) is 0 Å². The minimum atomic E-state index is 0. The maximum Gasteiger partial charge on any atom is 0.220 e. The molecule has 1 heterocycles. The molecule has 1 atom stereocenters. The number of carbonyl (C=O) groups is 1. The van der Waals surface area contributed by atoms with Gasteiger partial charge in [0.2, 0.25) is 5.91 Å². The zero-order valence-electron chi connectivity index (χ0n) is 10.8. The molecule has 17 heavy (non-hydrogen) atoms. The minimum absolute atomic E-state index is 0. The van der Waals surface area contributed by atoms with Crippen molar-refractivity contribution in [2.24, 2.45) is 5.41 Å². The molecule has 0 aromatic carbocycles. The summed E-state index contributed by atoms with van der Waals surface area (Å²) in [6.45, 7) is 4.28. The number of halogens is 1. The van der Waals surface area contributed by atoms with Crippen LogP contribution in [0.25, 0.3) is 0 Å². The van der Waals surface area contributed by atoms with Crippen LogP contribution in [0.4, 0.5) is 0 Å². The molecule has 1 saturated carbocycles. The molecule has 0 radical (unpaired) electrons. The van der Waals surface area contributed by atoms with Crippen LogP contribution >= 0.6 is 12.4 Å². The average molecular weight is 261 g/mol. The number of amides is 1. The predicted molar refractivity (Wildman–Crippen MR) is 72.5 cm³/mol. The van der Waals surface area contributed by atoms with E-state index in [0.29, 0.717) is 17.9 Å². The van der Waals surface area contributed by atoms with E-state index in [1.165, 1.54) is 32.1 Å². The summed E-state index contributed by atoms with van der Waals surface area (Å²) >= 11 is 0. The normalized spacial score (nSPS) is 25.8. The second-order valence-corrected chi connectivity index (χ2v) is 5.77. The molecule has 2 aliphatic rings. The predicted octanol–water partition coefficient (Wildman–Crippen LogP) is 2.25. The van der Waals surface area contributed by atoms with Gasteiger partial charge in [-0.2, -0.15) is 0 Å². The van der Waals surface area contributed by atoms with Gasteiger partial charge in [-0.05, 0) is 44.1 Å². The Morgan fingerprint density at radius 3 is 2.71 bits per heavy atom. The van der Waals surface area contributed by atoms with Crippen molar-refractivity contribution in [3.8, 4) is 0 Å². The van der Waals surface area contributed by atoms with Crippen LogP contribution in [0.1, 0.15) is 51.9 Å². The highest BCUT2D eigenvalue weighted by Gasteiger charge is 2.31. The highest BCUT2D eigenvalue weighted by atomic mass is 35.5. The summed E-state index contributed by atoms with van der Waals surface area (Å²) in [4.78, 5) is 11.6. The molecule has 4 heteroatoms. The summed E-state index contributed by atoms with van der Waals surface area (Å²) in [6, 6.07) is 0.588. The molecular weight excluding hydrogens is 236 g/mol. The van der Waals surface area contributed by atoms with Crippen LogP contribution in [0.15, 0.2) is 0 Å². The van der Waals surface area contributed by atoms with E-state index in [9.17, 15) is 4.79 Å². The smallest absolute Gasteiger partial charge is 0.220 e. The summed E-state index contributed by atoms with van der Waals surface area (Å²) in [6.07, 6.45) is 8.08. The zero-order chi connectivity index (χ0) is 11.4. The molecule has 2 fully saturated rings. The molecule has 3 nitrogen and oxygen atoms in total. The van der Waals surface area contributed by atoms with Crippen molar-refractivity contribution in [1.29, 1.82) is 0 Å².